The van der Waals surface area contributed by atoms with E-state index in [-0.39, 0.29) is 23.1 Å². The van der Waals surface area contributed by atoms with Crippen LogP contribution in [-0.4, -0.2) is 31.5 Å². The number of hydrogen-bond acceptors (Lipinski definition) is 6. The van der Waals surface area contributed by atoms with Crippen LogP contribution in [0.2, 0.25) is 5.02 Å². The predicted octanol–water partition coefficient (Wildman–Crippen LogP) is 5.69. The zero-order chi connectivity index (χ0) is 25.0. The second-order valence-corrected chi connectivity index (χ2v) is 9.23. The first-order valence-electron chi connectivity index (χ1n) is 10.4. The molecule has 0 aliphatic heterocycles. The van der Waals surface area contributed by atoms with Crippen molar-refractivity contribution in [2.75, 3.05) is 24.4 Å². The van der Waals surface area contributed by atoms with E-state index in [4.69, 9.17) is 21.1 Å². The molecular formula is C25H25ClN2O5S. The molecule has 0 saturated carbocycles. The highest BCUT2D eigenvalue weighted by Crippen LogP contribution is 2.34. The molecule has 2 aromatic carbocycles. The SMILES string of the molecule is COC(=O)c1c(NC(=O)COc2ccc(Cl)cc2C)sc(C(=O)Nc2cc(C)ccc2C)c1C. The molecule has 0 saturated heterocycles. The zero-order valence-corrected chi connectivity index (χ0v) is 21.1. The molecule has 0 fully saturated rings. The Kier molecular flexibility index (Phi) is 7.96. The molecular weight excluding hydrogens is 476 g/mol. The maximum absolute atomic E-state index is 13.0. The number of benzene rings is 2. The average molecular weight is 501 g/mol. The topological polar surface area (TPSA) is 93.7 Å². The van der Waals surface area contributed by atoms with E-state index in [9.17, 15) is 14.4 Å². The number of aryl methyl sites for hydroxylation is 3. The molecule has 0 spiro atoms. The maximum Gasteiger partial charge on any atom is 0.341 e. The number of ether oxygens (including phenoxy) is 2. The molecule has 9 heteroatoms. The Morgan fingerprint density at radius 1 is 0.971 bits per heavy atom. The van der Waals surface area contributed by atoms with E-state index < -0.39 is 11.9 Å². The van der Waals surface area contributed by atoms with Gasteiger partial charge < -0.3 is 20.1 Å². The monoisotopic (exact) mass is 500 g/mol. The molecule has 3 rings (SSSR count). The molecule has 34 heavy (non-hydrogen) atoms. The summed E-state index contributed by atoms with van der Waals surface area (Å²) < 4.78 is 10.5. The van der Waals surface area contributed by atoms with Crippen LogP contribution >= 0.6 is 22.9 Å². The molecule has 0 bridgehead atoms. The summed E-state index contributed by atoms with van der Waals surface area (Å²) in [6.07, 6.45) is 0. The molecule has 0 atom stereocenters. The van der Waals surface area contributed by atoms with E-state index in [0.717, 1.165) is 28.0 Å². The van der Waals surface area contributed by atoms with E-state index in [1.54, 1.807) is 25.1 Å². The van der Waals surface area contributed by atoms with Gasteiger partial charge in [0.15, 0.2) is 6.61 Å². The van der Waals surface area contributed by atoms with Gasteiger partial charge in [0, 0.05) is 10.7 Å². The number of amides is 2. The summed E-state index contributed by atoms with van der Waals surface area (Å²) in [5, 5.41) is 6.35. The van der Waals surface area contributed by atoms with Gasteiger partial charge in [-0.15, -0.1) is 11.3 Å². The van der Waals surface area contributed by atoms with Gasteiger partial charge in [-0.05, 0) is 74.2 Å². The third-order valence-electron chi connectivity index (χ3n) is 5.13. The lowest BCUT2D eigenvalue weighted by atomic mass is 10.1. The maximum atomic E-state index is 13.0. The molecule has 7 nitrogen and oxygen atoms in total. The Hall–Kier alpha value is -3.36. The Balaban J connectivity index is 1.81. The number of rotatable bonds is 7. The quantitative estimate of drug-likeness (QED) is 0.406. The van der Waals surface area contributed by atoms with Gasteiger partial charge in [-0.25, -0.2) is 4.79 Å². The third kappa shape index (κ3) is 5.76. The van der Waals surface area contributed by atoms with E-state index in [0.29, 0.717) is 26.9 Å². The summed E-state index contributed by atoms with van der Waals surface area (Å²) in [4.78, 5) is 38.4. The fraction of sp³-hybridized carbons (Fsp3) is 0.240. The summed E-state index contributed by atoms with van der Waals surface area (Å²) in [6, 6.07) is 10.8. The molecule has 0 aliphatic rings. The number of hydrogen-bond donors (Lipinski definition) is 2. The molecule has 2 N–H and O–H groups in total. The van der Waals surface area contributed by atoms with Crippen molar-refractivity contribution < 1.29 is 23.9 Å². The minimum Gasteiger partial charge on any atom is -0.483 e. The molecule has 1 heterocycles. The second-order valence-electron chi connectivity index (χ2n) is 7.77. The van der Waals surface area contributed by atoms with Crippen molar-refractivity contribution in [1.29, 1.82) is 0 Å². The average Bonchev–Trinajstić information content (AvgIpc) is 3.10. The first-order valence-corrected chi connectivity index (χ1v) is 11.6. The number of anilines is 2. The van der Waals surface area contributed by atoms with Gasteiger partial charge in [0.25, 0.3) is 11.8 Å². The van der Waals surface area contributed by atoms with Crippen LogP contribution in [0, 0.1) is 27.7 Å². The van der Waals surface area contributed by atoms with Crippen molar-refractivity contribution in [1.82, 2.24) is 0 Å². The molecule has 178 valence electrons. The van der Waals surface area contributed by atoms with E-state index >= 15 is 0 Å². The lowest BCUT2D eigenvalue weighted by Gasteiger charge is -2.10. The number of esters is 1. The van der Waals surface area contributed by atoms with Gasteiger partial charge >= 0.3 is 5.97 Å². The summed E-state index contributed by atoms with van der Waals surface area (Å²) in [5.41, 5.74) is 3.93. The normalized spacial score (nSPS) is 10.5. The van der Waals surface area contributed by atoms with Gasteiger partial charge in [-0.2, -0.15) is 0 Å². The van der Waals surface area contributed by atoms with Crippen molar-refractivity contribution in [3.8, 4) is 5.75 Å². The van der Waals surface area contributed by atoms with Gasteiger partial charge in [0.05, 0.1) is 17.6 Å². The number of methoxy groups -OCH3 is 1. The highest BCUT2D eigenvalue weighted by molar-refractivity contribution is 7.19. The fourth-order valence-corrected chi connectivity index (χ4v) is 4.63. The van der Waals surface area contributed by atoms with E-state index in [1.165, 1.54) is 7.11 Å². The van der Waals surface area contributed by atoms with Crippen molar-refractivity contribution in [3.05, 3.63) is 74.1 Å². The summed E-state index contributed by atoms with van der Waals surface area (Å²) in [7, 11) is 1.24. The molecule has 0 unspecified atom stereocenters. The van der Waals surface area contributed by atoms with Crippen molar-refractivity contribution in [2.45, 2.75) is 27.7 Å². The zero-order valence-electron chi connectivity index (χ0n) is 19.5. The van der Waals surface area contributed by atoms with Crippen molar-refractivity contribution in [3.63, 3.8) is 0 Å². The number of thiophene rings is 1. The van der Waals surface area contributed by atoms with Gasteiger partial charge in [-0.1, -0.05) is 23.7 Å². The van der Waals surface area contributed by atoms with Gasteiger partial charge in [-0.3, -0.25) is 9.59 Å². The third-order valence-corrected chi connectivity index (χ3v) is 6.57. The largest absolute Gasteiger partial charge is 0.483 e. The van der Waals surface area contributed by atoms with Gasteiger partial charge in [0.1, 0.15) is 10.8 Å². The molecule has 0 aliphatic carbocycles. The number of carbonyl (C=O) groups excluding carboxylic acids is 3. The smallest absolute Gasteiger partial charge is 0.341 e. The Morgan fingerprint density at radius 2 is 1.71 bits per heavy atom. The fourth-order valence-electron chi connectivity index (χ4n) is 3.30. The predicted molar refractivity (Wildman–Crippen MR) is 135 cm³/mol. The van der Waals surface area contributed by atoms with Crippen LogP contribution in [0.5, 0.6) is 5.75 Å². The molecule has 1 aromatic heterocycles. The number of carbonyl (C=O) groups is 3. The lowest BCUT2D eigenvalue weighted by Crippen LogP contribution is -2.21. The minimum atomic E-state index is -0.649. The summed E-state index contributed by atoms with van der Waals surface area (Å²) in [6.45, 7) is 7.00. The van der Waals surface area contributed by atoms with Crippen LogP contribution in [0.15, 0.2) is 36.4 Å². The van der Waals surface area contributed by atoms with Crippen LogP contribution in [0.25, 0.3) is 0 Å². The molecule has 0 radical (unpaired) electrons. The van der Waals surface area contributed by atoms with Crippen LogP contribution in [0.4, 0.5) is 10.7 Å². The lowest BCUT2D eigenvalue weighted by molar-refractivity contribution is -0.118. The first kappa shape index (κ1) is 25.3. The van der Waals surface area contributed by atoms with Crippen molar-refractivity contribution >= 4 is 51.4 Å². The van der Waals surface area contributed by atoms with Gasteiger partial charge in [0.2, 0.25) is 0 Å². The highest BCUT2D eigenvalue weighted by atomic mass is 35.5. The van der Waals surface area contributed by atoms with Crippen LogP contribution in [0.1, 0.15) is 42.3 Å². The Labute approximate surface area is 207 Å². The molecule has 3 aromatic rings. The first-order chi connectivity index (χ1) is 16.1. The standard InChI is InChI=1S/C25H25ClN2O5S/c1-13-6-7-14(2)18(10-13)27-23(30)22-16(4)21(25(31)32-5)24(34-22)28-20(29)12-33-19-9-8-17(26)11-15(19)3/h6-11H,12H2,1-5H3,(H,27,30)(H,28,29). The highest BCUT2D eigenvalue weighted by Gasteiger charge is 2.26. The van der Waals surface area contributed by atoms with Crippen LogP contribution in [0.3, 0.4) is 0 Å². The Morgan fingerprint density at radius 3 is 2.38 bits per heavy atom. The molecule has 2 amide bonds. The summed E-state index contributed by atoms with van der Waals surface area (Å²) >= 11 is 6.95. The van der Waals surface area contributed by atoms with Crippen LogP contribution in [-0.2, 0) is 9.53 Å². The summed E-state index contributed by atoms with van der Waals surface area (Å²) in [5.74, 6) is -0.995. The van der Waals surface area contributed by atoms with Crippen LogP contribution < -0.4 is 15.4 Å². The Bertz CT molecular complexity index is 1270. The van der Waals surface area contributed by atoms with E-state index in [2.05, 4.69) is 10.6 Å². The number of halogens is 1. The number of nitrogens with one attached hydrogen (secondary N) is 2. The second kappa shape index (κ2) is 10.7. The van der Waals surface area contributed by atoms with E-state index in [1.807, 2.05) is 39.0 Å². The minimum absolute atomic E-state index is 0.134. The van der Waals surface area contributed by atoms with Crippen molar-refractivity contribution in [2.24, 2.45) is 0 Å².